The van der Waals surface area contributed by atoms with E-state index in [1.54, 1.807) is 18.2 Å². The van der Waals surface area contributed by atoms with Crippen LogP contribution in [0.2, 0.25) is 0 Å². The molecule has 3 heteroatoms. The summed E-state index contributed by atoms with van der Waals surface area (Å²) in [5.74, 6) is -0.911. The molecule has 0 bridgehead atoms. The zero-order chi connectivity index (χ0) is 13.0. The molecule has 0 aromatic heterocycles. The summed E-state index contributed by atoms with van der Waals surface area (Å²) in [6.45, 7) is 0. The molecule has 0 atom stereocenters. The molecule has 1 N–H and O–H groups in total. The summed E-state index contributed by atoms with van der Waals surface area (Å²) in [6, 6.07) is 14.8. The van der Waals surface area contributed by atoms with Crippen molar-refractivity contribution in [3.63, 3.8) is 0 Å². The SMILES string of the molecule is O=C(O)c1ccccc1C=Cc1ccc(Br)cc1. The zero-order valence-electron chi connectivity index (χ0n) is 9.51. The van der Waals surface area contributed by atoms with Crippen LogP contribution in [-0.4, -0.2) is 11.1 Å². The largest absolute Gasteiger partial charge is 0.478 e. The van der Waals surface area contributed by atoms with Gasteiger partial charge in [0.05, 0.1) is 5.56 Å². The van der Waals surface area contributed by atoms with Crippen molar-refractivity contribution in [2.24, 2.45) is 0 Å². The topological polar surface area (TPSA) is 37.3 Å². The first-order valence-corrected chi connectivity index (χ1v) is 6.22. The molecule has 0 unspecified atom stereocenters. The summed E-state index contributed by atoms with van der Waals surface area (Å²) in [4.78, 5) is 11.0. The summed E-state index contributed by atoms with van der Waals surface area (Å²) in [5, 5.41) is 9.06. The molecule has 90 valence electrons. The predicted octanol–water partition coefficient (Wildman–Crippen LogP) is 4.32. The summed E-state index contributed by atoms with van der Waals surface area (Å²) >= 11 is 3.37. The lowest BCUT2D eigenvalue weighted by Crippen LogP contribution is -1.98. The molecule has 0 fully saturated rings. The third kappa shape index (κ3) is 3.08. The zero-order valence-corrected chi connectivity index (χ0v) is 11.1. The van der Waals surface area contributed by atoms with E-state index in [9.17, 15) is 4.79 Å². The fraction of sp³-hybridized carbons (Fsp3) is 0. The predicted molar refractivity (Wildman–Crippen MR) is 76.5 cm³/mol. The maximum absolute atomic E-state index is 11.0. The van der Waals surface area contributed by atoms with E-state index < -0.39 is 5.97 Å². The fourth-order valence-electron chi connectivity index (χ4n) is 1.60. The Bertz CT molecular complexity index is 586. The molecule has 0 aliphatic rings. The van der Waals surface area contributed by atoms with Crippen LogP contribution in [0.25, 0.3) is 12.2 Å². The first-order chi connectivity index (χ1) is 8.66. The minimum atomic E-state index is -0.911. The van der Waals surface area contributed by atoms with Gasteiger partial charge in [0.15, 0.2) is 0 Å². The van der Waals surface area contributed by atoms with Crippen molar-refractivity contribution >= 4 is 34.1 Å². The Morgan fingerprint density at radius 3 is 2.33 bits per heavy atom. The first-order valence-electron chi connectivity index (χ1n) is 5.43. The molecule has 0 aliphatic heterocycles. The van der Waals surface area contributed by atoms with Crippen LogP contribution in [0.5, 0.6) is 0 Å². The van der Waals surface area contributed by atoms with Gasteiger partial charge in [-0.3, -0.25) is 0 Å². The Kier molecular flexibility index (Phi) is 3.95. The number of rotatable bonds is 3. The number of carboxylic acids is 1. The molecule has 0 amide bonds. The van der Waals surface area contributed by atoms with Gasteiger partial charge in [-0.25, -0.2) is 4.79 Å². The monoisotopic (exact) mass is 302 g/mol. The van der Waals surface area contributed by atoms with Crippen molar-refractivity contribution in [2.45, 2.75) is 0 Å². The number of aromatic carboxylic acids is 1. The van der Waals surface area contributed by atoms with Gasteiger partial charge in [0.25, 0.3) is 0 Å². The molecule has 0 heterocycles. The maximum Gasteiger partial charge on any atom is 0.336 e. The van der Waals surface area contributed by atoms with E-state index in [0.29, 0.717) is 11.1 Å². The first kappa shape index (κ1) is 12.6. The van der Waals surface area contributed by atoms with Crippen LogP contribution in [0.15, 0.2) is 53.0 Å². The lowest BCUT2D eigenvalue weighted by molar-refractivity contribution is 0.0696. The van der Waals surface area contributed by atoms with E-state index in [1.165, 1.54) is 0 Å². The van der Waals surface area contributed by atoms with Crippen LogP contribution in [0.1, 0.15) is 21.5 Å². The van der Waals surface area contributed by atoms with E-state index in [2.05, 4.69) is 15.9 Å². The summed E-state index contributed by atoms with van der Waals surface area (Å²) in [6.07, 6.45) is 3.71. The van der Waals surface area contributed by atoms with Gasteiger partial charge < -0.3 is 5.11 Å². The molecule has 2 nitrogen and oxygen atoms in total. The van der Waals surface area contributed by atoms with Crippen LogP contribution in [-0.2, 0) is 0 Å². The Morgan fingerprint density at radius 2 is 1.67 bits per heavy atom. The molecule has 2 rings (SSSR count). The molecule has 2 aromatic rings. The van der Waals surface area contributed by atoms with Crippen molar-refractivity contribution in [1.82, 2.24) is 0 Å². The summed E-state index contributed by atoms with van der Waals surface area (Å²) < 4.78 is 1.02. The van der Waals surface area contributed by atoms with Gasteiger partial charge in [0, 0.05) is 4.47 Å². The lowest BCUT2D eigenvalue weighted by Gasteiger charge is -2.00. The van der Waals surface area contributed by atoms with Crippen LogP contribution < -0.4 is 0 Å². The molecule has 0 saturated heterocycles. The molecule has 0 radical (unpaired) electrons. The van der Waals surface area contributed by atoms with Gasteiger partial charge in [-0.15, -0.1) is 0 Å². The van der Waals surface area contributed by atoms with E-state index in [1.807, 2.05) is 42.5 Å². The highest BCUT2D eigenvalue weighted by Gasteiger charge is 2.05. The van der Waals surface area contributed by atoms with Crippen molar-refractivity contribution in [1.29, 1.82) is 0 Å². The van der Waals surface area contributed by atoms with E-state index >= 15 is 0 Å². The number of benzene rings is 2. The van der Waals surface area contributed by atoms with E-state index in [-0.39, 0.29) is 0 Å². The average Bonchev–Trinajstić information content (AvgIpc) is 2.38. The van der Waals surface area contributed by atoms with E-state index in [4.69, 9.17) is 5.11 Å². The van der Waals surface area contributed by atoms with Gasteiger partial charge >= 0.3 is 5.97 Å². The van der Waals surface area contributed by atoms with Crippen LogP contribution in [0.4, 0.5) is 0 Å². The smallest absolute Gasteiger partial charge is 0.336 e. The molecule has 2 aromatic carbocycles. The number of carboxylic acid groups (broad SMARTS) is 1. The standard InChI is InChI=1S/C15H11BrO2/c16-13-9-6-11(7-10-13)5-8-12-3-1-2-4-14(12)15(17)18/h1-10H,(H,17,18). The van der Waals surface area contributed by atoms with Gasteiger partial charge in [-0.2, -0.15) is 0 Å². The van der Waals surface area contributed by atoms with Gasteiger partial charge in [-0.1, -0.05) is 58.4 Å². The third-order valence-corrected chi connectivity index (χ3v) is 3.05. The normalized spacial score (nSPS) is 10.7. The number of hydrogen-bond donors (Lipinski definition) is 1. The van der Waals surface area contributed by atoms with Gasteiger partial charge in [0.2, 0.25) is 0 Å². The average molecular weight is 303 g/mol. The maximum atomic E-state index is 11.0. The highest BCUT2D eigenvalue weighted by molar-refractivity contribution is 9.10. The van der Waals surface area contributed by atoms with Crippen molar-refractivity contribution in [2.75, 3.05) is 0 Å². The van der Waals surface area contributed by atoms with Crippen LogP contribution in [0, 0.1) is 0 Å². The summed E-state index contributed by atoms with van der Waals surface area (Å²) in [7, 11) is 0. The van der Waals surface area contributed by atoms with Crippen molar-refractivity contribution in [3.8, 4) is 0 Å². The highest BCUT2D eigenvalue weighted by Crippen LogP contribution is 2.15. The second kappa shape index (κ2) is 5.65. The van der Waals surface area contributed by atoms with Crippen LogP contribution in [0.3, 0.4) is 0 Å². The van der Waals surface area contributed by atoms with Crippen molar-refractivity contribution < 1.29 is 9.90 Å². The Hall–Kier alpha value is -1.87. The summed E-state index contributed by atoms with van der Waals surface area (Å²) in [5.41, 5.74) is 2.04. The van der Waals surface area contributed by atoms with Crippen molar-refractivity contribution in [3.05, 3.63) is 69.7 Å². The van der Waals surface area contributed by atoms with Crippen LogP contribution >= 0.6 is 15.9 Å². The molecular formula is C15H11BrO2. The Balaban J connectivity index is 2.29. The van der Waals surface area contributed by atoms with Gasteiger partial charge in [0.1, 0.15) is 0 Å². The minimum Gasteiger partial charge on any atom is -0.478 e. The molecule has 18 heavy (non-hydrogen) atoms. The Morgan fingerprint density at radius 1 is 1.00 bits per heavy atom. The molecule has 0 aliphatic carbocycles. The van der Waals surface area contributed by atoms with E-state index in [0.717, 1.165) is 10.0 Å². The highest BCUT2D eigenvalue weighted by atomic mass is 79.9. The fourth-order valence-corrected chi connectivity index (χ4v) is 1.86. The second-order valence-electron chi connectivity index (χ2n) is 3.78. The number of carbonyl (C=O) groups is 1. The molecular weight excluding hydrogens is 292 g/mol. The lowest BCUT2D eigenvalue weighted by atomic mass is 10.1. The number of hydrogen-bond acceptors (Lipinski definition) is 1. The molecule has 0 spiro atoms. The quantitative estimate of drug-likeness (QED) is 0.858. The molecule has 0 saturated carbocycles. The Labute approximate surface area is 114 Å². The number of halogens is 1. The minimum absolute atomic E-state index is 0.311. The third-order valence-electron chi connectivity index (χ3n) is 2.52. The van der Waals surface area contributed by atoms with Gasteiger partial charge in [-0.05, 0) is 29.3 Å². The second-order valence-corrected chi connectivity index (χ2v) is 4.69.